The maximum Gasteiger partial charge on any atom is 0.453 e. The molecule has 0 saturated carbocycles. The predicted octanol–water partition coefficient (Wildman–Crippen LogP) is 4.34. The van der Waals surface area contributed by atoms with E-state index in [1.165, 1.54) is 18.2 Å². The molecule has 3 aromatic rings. The van der Waals surface area contributed by atoms with E-state index < -0.39 is 38.8 Å². The molecule has 0 fully saturated rings. The van der Waals surface area contributed by atoms with Crippen molar-refractivity contribution in [3.05, 3.63) is 58.4 Å². The van der Waals surface area contributed by atoms with Gasteiger partial charge in [-0.1, -0.05) is 12.1 Å². The van der Waals surface area contributed by atoms with Crippen LogP contribution in [0, 0.1) is 0 Å². The van der Waals surface area contributed by atoms with Crippen LogP contribution in [0.15, 0.2) is 51.7 Å². The fourth-order valence-electron chi connectivity index (χ4n) is 2.58. The van der Waals surface area contributed by atoms with E-state index in [4.69, 9.17) is 13.9 Å². The lowest BCUT2D eigenvalue weighted by Gasteiger charge is -2.15. The van der Waals surface area contributed by atoms with Gasteiger partial charge in [-0.15, -0.1) is 0 Å². The fraction of sp³-hybridized carbons (Fsp3) is 0.211. The summed E-state index contributed by atoms with van der Waals surface area (Å²) in [7, 11) is -3.93. The van der Waals surface area contributed by atoms with Crippen LogP contribution in [0.5, 0.6) is 23.0 Å². The summed E-state index contributed by atoms with van der Waals surface area (Å²) in [6.45, 7) is 1.90. The Labute approximate surface area is 168 Å². The number of hydrogen-bond donors (Lipinski definition) is 0. The molecular weight excluding hydrogens is 429 g/mol. The van der Waals surface area contributed by atoms with Gasteiger partial charge < -0.3 is 18.1 Å². The van der Waals surface area contributed by atoms with Crippen molar-refractivity contribution in [2.24, 2.45) is 0 Å². The molecule has 2 aromatic carbocycles. The Morgan fingerprint density at radius 1 is 1.07 bits per heavy atom. The summed E-state index contributed by atoms with van der Waals surface area (Å²) in [5.41, 5.74) is -1.61. The van der Waals surface area contributed by atoms with Crippen molar-refractivity contribution >= 4 is 21.1 Å². The third kappa shape index (κ3) is 4.67. The van der Waals surface area contributed by atoms with Crippen molar-refractivity contribution in [1.29, 1.82) is 0 Å². The van der Waals surface area contributed by atoms with E-state index in [0.29, 0.717) is 0 Å². The molecule has 0 saturated heterocycles. The number of para-hydroxylation sites is 2. The van der Waals surface area contributed by atoms with Crippen molar-refractivity contribution in [2.45, 2.75) is 13.1 Å². The van der Waals surface area contributed by atoms with Gasteiger partial charge in [0.1, 0.15) is 11.3 Å². The number of ether oxygens (including phenoxy) is 2. The third-order valence-electron chi connectivity index (χ3n) is 3.69. The highest BCUT2D eigenvalue weighted by molar-refractivity contribution is 7.86. The number of alkyl halides is 3. The van der Waals surface area contributed by atoms with Gasteiger partial charge >= 0.3 is 16.3 Å². The Balaban J connectivity index is 2.20. The highest BCUT2D eigenvalue weighted by Crippen LogP contribution is 2.40. The van der Waals surface area contributed by atoms with E-state index in [9.17, 15) is 26.4 Å². The van der Waals surface area contributed by atoms with Gasteiger partial charge in [-0.05, 0) is 31.2 Å². The Hall–Kier alpha value is -3.21. The van der Waals surface area contributed by atoms with Gasteiger partial charge in [0.2, 0.25) is 11.2 Å². The molecule has 0 aliphatic heterocycles. The summed E-state index contributed by atoms with van der Waals surface area (Å²) in [5, 5.41) is -0.257. The number of fused-ring (bicyclic) bond motifs is 1. The highest BCUT2D eigenvalue weighted by atomic mass is 32.2. The van der Waals surface area contributed by atoms with Gasteiger partial charge in [0.05, 0.1) is 18.2 Å². The largest absolute Gasteiger partial charge is 0.490 e. The predicted molar refractivity (Wildman–Crippen MR) is 101 cm³/mol. The van der Waals surface area contributed by atoms with Gasteiger partial charge in [0, 0.05) is 6.07 Å². The number of hydrogen-bond acceptors (Lipinski definition) is 7. The summed E-state index contributed by atoms with van der Waals surface area (Å²) in [6, 6.07) is 9.00. The first kappa shape index (κ1) is 21.5. The van der Waals surface area contributed by atoms with Gasteiger partial charge in [0.25, 0.3) is 5.76 Å². The Morgan fingerprint density at radius 2 is 1.73 bits per heavy atom. The minimum Gasteiger partial charge on any atom is -0.490 e. The van der Waals surface area contributed by atoms with Crippen LogP contribution in [0.25, 0.3) is 11.0 Å². The van der Waals surface area contributed by atoms with Crippen LogP contribution < -0.4 is 19.1 Å². The molecule has 0 atom stereocenters. The Kier molecular flexibility index (Phi) is 5.66. The van der Waals surface area contributed by atoms with Crippen molar-refractivity contribution in [1.82, 2.24) is 0 Å². The summed E-state index contributed by atoms with van der Waals surface area (Å²) >= 11 is 0. The molecule has 0 spiro atoms. The minimum absolute atomic E-state index is 0.103. The second-order valence-corrected chi connectivity index (χ2v) is 7.59. The van der Waals surface area contributed by atoms with Gasteiger partial charge in [0.15, 0.2) is 11.5 Å². The smallest absolute Gasteiger partial charge is 0.453 e. The van der Waals surface area contributed by atoms with Crippen molar-refractivity contribution in [2.75, 3.05) is 12.9 Å². The van der Waals surface area contributed by atoms with E-state index in [1.54, 1.807) is 13.0 Å². The number of rotatable bonds is 6. The zero-order chi connectivity index (χ0) is 22.1. The van der Waals surface area contributed by atoms with E-state index in [1.807, 2.05) is 0 Å². The molecule has 0 aliphatic carbocycles. The van der Waals surface area contributed by atoms with Crippen LogP contribution in [0.3, 0.4) is 0 Å². The molecule has 1 aromatic heterocycles. The average Bonchev–Trinajstić information content (AvgIpc) is 2.63. The van der Waals surface area contributed by atoms with Gasteiger partial charge in [-0.2, -0.15) is 21.6 Å². The van der Waals surface area contributed by atoms with Crippen molar-refractivity contribution < 1.29 is 39.7 Å². The van der Waals surface area contributed by atoms with Crippen molar-refractivity contribution in [3.8, 4) is 23.0 Å². The molecule has 160 valence electrons. The maximum absolute atomic E-state index is 13.6. The molecule has 0 aliphatic rings. The maximum atomic E-state index is 13.6. The normalized spacial score (nSPS) is 12.0. The summed E-state index contributed by atoms with van der Waals surface area (Å²) in [6.07, 6.45) is -4.31. The first-order valence-corrected chi connectivity index (χ1v) is 10.3. The van der Waals surface area contributed by atoms with E-state index in [0.717, 1.165) is 24.5 Å². The second kappa shape index (κ2) is 7.90. The molecule has 11 heteroatoms. The number of halogens is 3. The van der Waals surface area contributed by atoms with Crippen LogP contribution in [0.1, 0.15) is 12.7 Å². The molecular formula is C19H15F3O7S. The van der Waals surface area contributed by atoms with Crippen LogP contribution >= 0.6 is 0 Å². The first-order chi connectivity index (χ1) is 14.0. The van der Waals surface area contributed by atoms with Gasteiger partial charge in [-0.3, -0.25) is 4.79 Å². The summed E-state index contributed by atoms with van der Waals surface area (Å²) < 4.78 is 83.4. The Morgan fingerprint density at radius 3 is 2.33 bits per heavy atom. The molecule has 0 amide bonds. The van der Waals surface area contributed by atoms with Crippen LogP contribution in [0.2, 0.25) is 0 Å². The summed E-state index contributed by atoms with van der Waals surface area (Å²) in [5.74, 6) is -3.02. The van der Waals surface area contributed by atoms with E-state index in [2.05, 4.69) is 4.18 Å². The molecule has 0 unspecified atom stereocenters. The fourth-order valence-corrected chi connectivity index (χ4v) is 3.03. The summed E-state index contributed by atoms with van der Waals surface area (Å²) in [4.78, 5) is 12.8. The quantitative estimate of drug-likeness (QED) is 0.522. The highest BCUT2D eigenvalue weighted by Gasteiger charge is 2.40. The molecule has 0 N–H and O–H groups in total. The zero-order valence-electron chi connectivity index (χ0n) is 15.6. The lowest BCUT2D eigenvalue weighted by molar-refractivity contribution is -0.154. The first-order valence-electron chi connectivity index (χ1n) is 8.47. The molecule has 7 nitrogen and oxygen atoms in total. The zero-order valence-corrected chi connectivity index (χ0v) is 16.5. The average molecular weight is 444 g/mol. The third-order valence-corrected chi connectivity index (χ3v) is 4.18. The lowest BCUT2D eigenvalue weighted by Crippen LogP contribution is -2.16. The second-order valence-electron chi connectivity index (χ2n) is 6.01. The molecule has 3 rings (SSSR count). The lowest BCUT2D eigenvalue weighted by atomic mass is 10.2. The minimum atomic E-state index is -5.07. The molecule has 30 heavy (non-hydrogen) atoms. The number of benzene rings is 2. The SMILES string of the molecule is CCOc1ccccc1Oc1c(C(F)(F)F)oc2cc(OS(C)(=O)=O)ccc2c1=O. The molecule has 0 bridgehead atoms. The van der Waals surface area contributed by atoms with Crippen LogP contribution in [0.4, 0.5) is 13.2 Å². The van der Waals surface area contributed by atoms with Crippen molar-refractivity contribution in [3.63, 3.8) is 0 Å². The molecule has 1 heterocycles. The van der Waals surface area contributed by atoms with E-state index >= 15 is 0 Å². The topological polar surface area (TPSA) is 92.0 Å². The van der Waals surface area contributed by atoms with Crippen LogP contribution in [-0.4, -0.2) is 21.3 Å². The van der Waals surface area contributed by atoms with Gasteiger partial charge in [-0.25, -0.2) is 0 Å². The van der Waals surface area contributed by atoms with E-state index in [-0.39, 0.29) is 29.2 Å². The Bertz CT molecular complexity index is 1250. The standard InChI is InChI=1S/C19H15F3O7S/c1-3-26-13-6-4-5-7-14(13)27-17-16(23)12-9-8-11(29-30(2,24)25)10-15(12)28-18(17)19(20,21)22/h4-10H,3H2,1-2H3. The monoisotopic (exact) mass is 444 g/mol. The van der Waals surface area contributed by atoms with Crippen LogP contribution in [-0.2, 0) is 16.3 Å². The molecule has 0 radical (unpaired) electrons.